The zero-order valence-corrected chi connectivity index (χ0v) is 33.3. The number of benzene rings is 3. The van der Waals surface area contributed by atoms with Gasteiger partial charge < -0.3 is 41.6 Å². The normalized spacial score (nSPS) is 17.0. The highest BCUT2D eigenvalue weighted by atomic mass is 16.5. The van der Waals surface area contributed by atoms with Crippen molar-refractivity contribution in [2.75, 3.05) is 20.2 Å². The number of carbonyl (C=O) groups excluding carboxylic acids is 6. The number of β-amino-alcohol motifs (C(OH)–C–C–N with tert-alkyl or cyclic N) is 1. The number of likely N-dealkylation sites (tertiary alicyclic amines) is 1. The van der Waals surface area contributed by atoms with Crippen molar-refractivity contribution in [3.63, 3.8) is 0 Å². The Morgan fingerprint density at radius 2 is 1.38 bits per heavy atom. The first kappa shape index (κ1) is 44.9. The summed E-state index contributed by atoms with van der Waals surface area (Å²) in [5, 5.41) is 22.7. The van der Waals surface area contributed by atoms with Crippen LogP contribution in [0, 0.1) is 5.92 Å². The van der Waals surface area contributed by atoms with Gasteiger partial charge in [0.15, 0.2) is 0 Å². The zero-order valence-electron chi connectivity index (χ0n) is 33.3. The number of rotatable bonds is 21. The molecule has 1 aliphatic rings. The van der Waals surface area contributed by atoms with E-state index in [1.54, 1.807) is 24.3 Å². The van der Waals surface area contributed by atoms with E-state index >= 15 is 0 Å². The third kappa shape index (κ3) is 14.0. The van der Waals surface area contributed by atoms with Crippen molar-refractivity contribution in [2.24, 2.45) is 11.7 Å². The first-order valence-electron chi connectivity index (χ1n) is 19.6. The van der Waals surface area contributed by atoms with Crippen LogP contribution in [0.15, 0.2) is 91.0 Å². The summed E-state index contributed by atoms with van der Waals surface area (Å²) in [7, 11) is 1.25. The summed E-state index contributed by atoms with van der Waals surface area (Å²) < 4.78 is 10.2. The Morgan fingerprint density at radius 3 is 1.95 bits per heavy atom. The lowest BCUT2D eigenvalue weighted by Gasteiger charge is -2.33. The maximum atomic E-state index is 13.9. The highest BCUT2D eigenvalue weighted by molar-refractivity contribution is 5.93. The summed E-state index contributed by atoms with van der Waals surface area (Å²) in [6.45, 7) is 4.11. The smallest absolute Gasteiger partial charge is 0.408 e. The molecule has 7 N–H and O–H groups in total. The zero-order chi connectivity index (χ0) is 42.0. The minimum Gasteiger partial charge on any atom is -0.467 e. The molecule has 0 radical (unpaired) electrons. The quantitative estimate of drug-likeness (QED) is 0.0863. The number of alkyl carbamates (subject to hydrolysis) is 1. The van der Waals surface area contributed by atoms with Crippen molar-refractivity contribution < 1.29 is 43.3 Å². The Morgan fingerprint density at radius 1 is 0.793 bits per heavy atom. The van der Waals surface area contributed by atoms with Crippen molar-refractivity contribution in [1.29, 1.82) is 0 Å². The molecular weight excluding hydrogens is 745 g/mol. The van der Waals surface area contributed by atoms with E-state index in [1.807, 2.05) is 85.5 Å². The molecule has 1 saturated heterocycles. The Bertz CT molecular complexity index is 1800. The summed E-state index contributed by atoms with van der Waals surface area (Å²) in [5.41, 5.74) is 7.78. The Hall–Kier alpha value is -5.80. The van der Waals surface area contributed by atoms with Crippen LogP contribution in [0.5, 0.6) is 0 Å². The van der Waals surface area contributed by atoms with Crippen molar-refractivity contribution in [3.8, 4) is 0 Å². The third-order valence-corrected chi connectivity index (χ3v) is 10.3. The number of primary amides is 1. The van der Waals surface area contributed by atoms with Crippen LogP contribution in [0.25, 0.3) is 0 Å². The predicted molar refractivity (Wildman–Crippen MR) is 216 cm³/mol. The number of nitrogens with two attached hydrogens (primary N) is 1. The van der Waals surface area contributed by atoms with Crippen LogP contribution in [0.3, 0.4) is 0 Å². The van der Waals surface area contributed by atoms with Gasteiger partial charge in [-0.2, -0.15) is 0 Å². The minimum atomic E-state index is -1.40. The lowest BCUT2D eigenvalue weighted by molar-refractivity contribution is -0.145. The minimum absolute atomic E-state index is 0.0232. The standard InChI is InChI=1S/C43H56N6O9/c1-4-28(2)38(41(54)46-34(42(55)57-3)24-30-17-10-6-11-18-30)48-40(53)35-21-14-22-49(35)26-36(50)32(23-29-15-8-5-9-16-29)45-39(52)33(25-37(44)51)47-43(56)58-27-31-19-12-7-13-20-31/h5-13,15-20,28,32-36,38,50H,4,14,21-27H2,1-3H3,(H2,44,51)(H,45,52)(H,46,54)(H,47,56)(H,48,53)/t28-,32-,33-,34-,35?,36+,38-/m0/s1. The van der Waals surface area contributed by atoms with Crippen LogP contribution in [-0.2, 0) is 52.9 Å². The lowest BCUT2D eigenvalue weighted by atomic mass is 9.96. The molecule has 0 aliphatic carbocycles. The van der Waals surface area contributed by atoms with Crippen molar-refractivity contribution in [3.05, 3.63) is 108 Å². The number of carbonyl (C=O) groups is 6. The fourth-order valence-corrected chi connectivity index (χ4v) is 6.86. The molecule has 0 spiro atoms. The van der Waals surface area contributed by atoms with Gasteiger partial charge in [0.1, 0.15) is 24.7 Å². The second-order valence-electron chi connectivity index (χ2n) is 14.6. The average Bonchev–Trinajstić information content (AvgIpc) is 3.69. The second-order valence-corrected chi connectivity index (χ2v) is 14.6. The number of amides is 5. The van der Waals surface area contributed by atoms with Gasteiger partial charge in [-0.1, -0.05) is 111 Å². The van der Waals surface area contributed by atoms with E-state index in [9.17, 15) is 33.9 Å². The number of esters is 1. The molecule has 3 aromatic rings. The maximum Gasteiger partial charge on any atom is 0.408 e. The number of aliphatic hydroxyl groups is 1. The van der Waals surface area contributed by atoms with Crippen LogP contribution >= 0.6 is 0 Å². The van der Waals surface area contributed by atoms with Crippen LogP contribution in [-0.4, -0.2) is 102 Å². The molecule has 0 aromatic heterocycles. The number of ether oxygens (including phenoxy) is 2. The lowest BCUT2D eigenvalue weighted by Crippen LogP contribution is -2.59. The van der Waals surface area contributed by atoms with Crippen molar-refractivity contribution in [1.82, 2.24) is 26.2 Å². The van der Waals surface area contributed by atoms with Gasteiger partial charge in [0.2, 0.25) is 23.6 Å². The van der Waals surface area contributed by atoms with Gasteiger partial charge >= 0.3 is 12.1 Å². The molecule has 7 atom stereocenters. The van der Waals surface area contributed by atoms with Gasteiger partial charge in [-0.05, 0) is 48.4 Å². The molecule has 1 fully saturated rings. The second kappa shape index (κ2) is 22.8. The Labute approximate surface area is 339 Å². The summed E-state index contributed by atoms with van der Waals surface area (Å²) in [6.07, 6.45) is -0.637. The fraction of sp³-hybridized carbons (Fsp3) is 0.442. The number of methoxy groups -OCH3 is 1. The first-order chi connectivity index (χ1) is 27.9. The number of hydrogen-bond donors (Lipinski definition) is 6. The van der Waals surface area contributed by atoms with Crippen molar-refractivity contribution >= 4 is 35.7 Å². The fourth-order valence-electron chi connectivity index (χ4n) is 6.86. The molecule has 0 saturated carbocycles. The van der Waals surface area contributed by atoms with Crippen LogP contribution in [0.4, 0.5) is 4.79 Å². The number of hydrogen-bond acceptors (Lipinski definition) is 10. The topological polar surface area (TPSA) is 218 Å². The highest BCUT2D eigenvalue weighted by Crippen LogP contribution is 2.21. The largest absolute Gasteiger partial charge is 0.467 e. The molecular formula is C43H56N6O9. The Kier molecular flexibility index (Phi) is 17.7. The van der Waals surface area contributed by atoms with E-state index < -0.39 is 78.4 Å². The molecule has 3 aromatic carbocycles. The van der Waals surface area contributed by atoms with Crippen molar-refractivity contribution in [2.45, 2.75) is 95.3 Å². The van der Waals surface area contributed by atoms with E-state index in [2.05, 4.69) is 21.3 Å². The summed E-state index contributed by atoms with van der Waals surface area (Å²) in [5.74, 6) is -3.43. The number of aliphatic hydroxyl groups excluding tert-OH is 1. The van der Waals surface area contributed by atoms with Gasteiger partial charge in [-0.3, -0.25) is 24.1 Å². The molecule has 312 valence electrons. The summed E-state index contributed by atoms with van der Waals surface area (Å²) in [6, 6.07) is 22.3. The predicted octanol–water partition coefficient (Wildman–Crippen LogP) is 2.14. The highest BCUT2D eigenvalue weighted by Gasteiger charge is 2.38. The van der Waals surface area contributed by atoms with Gasteiger partial charge in [-0.15, -0.1) is 0 Å². The summed E-state index contributed by atoms with van der Waals surface area (Å²) >= 11 is 0. The Balaban J connectivity index is 1.45. The molecule has 1 heterocycles. The molecule has 1 unspecified atom stereocenters. The summed E-state index contributed by atoms with van der Waals surface area (Å²) in [4.78, 5) is 80.6. The molecule has 1 aliphatic heterocycles. The molecule has 15 nitrogen and oxygen atoms in total. The van der Waals surface area contributed by atoms with E-state index in [1.165, 1.54) is 7.11 Å². The van der Waals surface area contributed by atoms with E-state index in [0.29, 0.717) is 25.8 Å². The van der Waals surface area contributed by atoms with E-state index in [0.717, 1.165) is 16.7 Å². The van der Waals surface area contributed by atoms with Gasteiger partial charge in [0.25, 0.3) is 0 Å². The molecule has 58 heavy (non-hydrogen) atoms. The van der Waals surface area contributed by atoms with Gasteiger partial charge in [-0.25, -0.2) is 9.59 Å². The average molecular weight is 801 g/mol. The molecule has 5 amide bonds. The van der Waals surface area contributed by atoms with Gasteiger partial charge in [0.05, 0.1) is 31.7 Å². The monoisotopic (exact) mass is 800 g/mol. The maximum absolute atomic E-state index is 13.9. The van der Waals surface area contributed by atoms with Crippen LogP contribution < -0.4 is 27.0 Å². The molecule has 0 bridgehead atoms. The number of nitrogens with zero attached hydrogens (tertiary/aromatic N) is 1. The van der Waals surface area contributed by atoms with E-state index in [4.69, 9.17) is 15.2 Å². The van der Waals surface area contributed by atoms with Crippen LogP contribution in [0.1, 0.15) is 56.2 Å². The number of nitrogens with one attached hydrogen (secondary N) is 4. The van der Waals surface area contributed by atoms with Gasteiger partial charge in [0, 0.05) is 13.0 Å². The van der Waals surface area contributed by atoms with E-state index in [-0.39, 0.29) is 31.9 Å². The first-order valence-corrected chi connectivity index (χ1v) is 19.6. The SMILES string of the molecule is CC[C@H](C)[C@H](NC(=O)C1CCCN1C[C@@H](O)[C@H](Cc1ccccc1)NC(=O)[C@H](CC(N)=O)NC(=O)OCc1ccccc1)C(=O)N[C@@H](Cc1ccccc1)C(=O)OC. The van der Waals surface area contributed by atoms with Crippen LogP contribution in [0.2, 0.25) is 0 Å². The molecule has 15 heteroatoms. The molecule has 4 rings (SSSR count). The third-order valence-electron chi connectivity index (χ3n) is 10.3.